The molecule has 0 aliphatic heterocycles. The van der Waals surface area contributed by atoms with E-state index in [1.165, 1.54) is 0 Å². The second kappa shape index (κ2) is 12.1. The second-order valence-corrected chi connectivity index (χ2v) is 7.94. The number of thioether (sulfide) groups is 2. The van der Waals surface area contributed by atoms with E-state index in [9.17, 15) is 15.2 Å². The number of imidazole rings is 1. The number of nitrogens with zero attached hydrogens (tertiary/aromatic N) is 3. The molecule has 9 nitrogen and oxygen atoms in total. The molecule has 0 saturated carbocycles. The van der Waals surface area contributed by atoms with Crippen LogP contribution in [0.3, 0.4) is 0 Å². The molecule has 0 amide bonds. The minimum Gasteiger partial charge on any atom is -0.506 e. The molecule has 0 fully saturated rings. The number of aryl methyl sites for hydroxylation is 1. The third-order valence-corrected chi connectivity index (χ3v) is 5.58. The molecule has 11 heteroatoms. The zero-order valence-electron chi connectivity index (χ0n) is 15.6. The van der Waals surface area contributed by atoms with Crippen LogP contribution in [0.4, 0.5) is 0 Å². The van der Waals surface area contributed by atoms with E-state index in [0.717, 1.165) is 34.8 Å². The first kappa shape index (κ1) is 21.9. The lowest BCUT2D eigenvalue weighted by atomic mass is 10.3. The van der Waals surface area contributed by atoms with Crippen molar-refractivity contribution in [2.24, 2.45) is 0 Å². The normalized spacial score (nSPS) is 11.4. The molecule has 2 aromatic heterocycles. The molecule has 0 aromatic carbocycles. The Kier molecular flexibility index (Phi) is 9.49. The fraction of sp³-hybridized carbons (Fsp3) is 0.412. The molecule has 28 heavy (non-hydrogen) atoms. The first-order chi connectivity index (χ1) is 13.6. The van der Waals surface area contributed by atoms with Crippen molar-refractivity contribution in [2.45, 2.75) is 18.4 Å². The van der Waals surface area contributed by atoms with Crippen LogP contribution in [0.1, 0.15) is 17.1 Å². The van der Waals surface area contributed by atoms with Crippen molar-refractivity contribution in [1.82, 2.24) is 25.6 Å². The highest BCUT2D eigenvalue weighted by molar-refractivity contribution is 7.98. The third kappa shape index (κ3) is 8.09. The highest BCUT2D eigenvalue weighted by Crippen LogP contribution is 2.18. The van der Waals surface area contributed by atoms with Gasteiger partial charge in [0, 0.05) is 48.0 Å². The highest BCUT2D eigenvalue weighted by Gasteiger charge is 2.05. The average Bonchev–Trinajstić information content (AvgIpc) is 3.06. The van der Waals surface area contributed by atoms with Crippen LogP contribution in [0.2, 0.25) is 0 Å². The monoisotopic (exact) mass is 424 g/mol. The van der Waals surface area contributed by atoms with Gasteiger partial charge in [0.2, 0.25) is 0 Å². The molecule has 0 unspecified atom stereocenters. The van der Waals surface area contributed by atoms with Gasteiger partial charge >= 0.3 is 0 Å². The summed E-state index contributed by atoms with van der Waals surface area (Å²) < 4.78 is 0. The van der Waals surface area contributed by atoms with E-state index < -0.39 is 4.92 Å². The number of hydrogen-bond acceptors (Lipinski definition) is 9. The summed E-state index contributed by atoms with van der Waals surface area (Å²) in [6.07, 6.45) is 4.26. The molecule has 0 aliphatic carbocycles. The predicted octanol–water partition coefficient (Wildman–Crippen LogP) is 2.24. The molecule has 2 aromatic rings. The second-order valence-electron chi connectivity index (χ2n) is 5.73. The Bertz CT molecular complexity index is 784. The maximum Gasteiger partial charge on any atom is 0.274 e. The van der Waals surface area contributed by atoms with Crippen LogP contribution >= 0.6 is 23.5 Å². The van der Waals surface area contributed by atoms with E-state index >= 15 is 0 Å². The summed E-state index contributed by atoms with van der Waals surface area (Å²) in [5.41, 5.74) is 2.73. The fourth-order valence-corrected chi connectivity index (χ4v) is 3.87. The van der Waals surface area contributed by atoms with Crippen molar-refractivity contribution >= 4 is 23.5 Å². The van der Waals surface area contributed by atoms with Crippen molar-refractivity contribution in [2.75, 3.05) is 24.6 Å². The molecule has 0 atom stereocenters. The molecule has 0 spiro atoms. The van der Waals surface area contributed by atoms with Gasteiger partial charge in [0.25, 0.3) is 6.20 Å². The molecule has 4 N–H and O–H groups in total. The van der Waals surface area contributed by atoms with E-state index in [1.54, 1.807) is 48.2 Å². The Hall–Kier alpha value is -2.40. The van der Waals surface area contributed by atoms with E-state index in [4.69, 9.17) is 0 Å². The number of hydrogen-bond donors (Lipinski definition) is 4. The summed E-state index contributed by atoms with van der Waals surface area (Å²) in [6, 6.07) is 3.29. The average molecular weight is 425 g/mol. The van der Waals surface area contributed by atoms with Crippen molar-refractivity contribution in [3.05, 3.63) is 63.9 Å². The molecule has 0 radical (unpaired) electrons. The Labute approximate surface area is 172 Å². The Morgan fingerprint density at radius 1 is 1.25 bits per heavy atom. The lowest BCUT2D eigenvalue weighted by molar-refractivity contribution is -0.404. The molecule has 152 valence electrons. The summed E-state index contributed by atoms with van der Waals surface area (Å²) >= 11 is 3.30. The van der Waals surface area contributed by atoms with Crippen LogP contribution in [0, 0.1) is 17.0 Å². The first-order valence-electron chi connectivity index (χ1n) is 8.66. The van der Waals surface area contributed by atoms with Gasteiger partial charge in [0.05, 0.1) is 22.6 Å². The number of H-pyrrole nitrogens is 1. The van der Waals surface area contributed by atoms with E-state index in [2.05, 4.69) is 25.6 Å². The van der Waals surface area contributed by atoms with Crippen LogP contribution in [0.25, 0.3) is 0 Å². The number of aromatic amines is 1. The number of aromatic hydroxyl groups is 1. The van der Waals surface area contributed by atoms with Crippen molar-refractivity contribution < 1.29 is 10.0 Å². The molecule has 0 aliphatic rings. The predicted molar refractivity (Wildman–Crippen MR) is 113 cm³/mol. The molecular formula is C17H24N6O3S2. The Morgan fingerprint density at radius 2 is 1.93 bits per heavy atom. The smallest absolute Gasteiger partial charge is 0.274 e. The summed E-state index contributed by atoms with van der Waals surface area (Å²) in [4.78, 5) is 21.7. The van der Waals surface area contributed by atoms with Crippen LogP contribution in [0.5, 0.6) is 5.75 Å². The van der Waals surface area contributed by atoms with Gasteiger partial charge in [-0.1, -0.05) is 0 Å². The van der Waals surface area contributed by atoms with E-state index in [-0.39, 0.29) is 5.75 Å². The molecule has 2 rings (SSSR count). The summed E-state index contributed by atoms with van der Waals surface area (Å²) in [7, 11) is 0. The summed E-state index contributed by atoms with van der Waals surface area (Å²) in [5.74, 6) is 3.48. The zero-order valence-corrected chi connectivity index (χ0v) is 17.2. The van der Waals surface area contributed by atoms with Crippen molar-refractivity contribution in [3.8, 4) is 5.75 Å². The van der Waals surface area contributed by atoms with Gasteiger partial charge in [-0.3, -0.25) is 15.1 Å². The van der Waals surface area contributed by atoms with Gasteiger partial charge in [-0.05, 0) is 19.1 Å². The van der Waals surface area contributed by atoms with Gasteiger partial charge in [-0.2, -0.15) is 23.5 Å². The Balaban J connectivity index is 1.63. The maximum absolute atomic E-state index is 10.8. The lowest BCUT2D eigenvalue weighted by Gasteiger charge is -2.11. The van der Waals surface area contributed by atoms with E-state index in [0.29, 0.717) is 30.4 Å². The number of nitrogens with one attached hydrogen (secondary N) is 3. The van der Waals surface area contributed by atoms with Crippen LogP contribution < -0.4 is 10.6 Å². The van der Waals surface area contributed by atoms with Crippen molar-refractivity contribution in [3.63, 3.8) is 0 Å². The number of rotatable bonds is 13. The summed E-state index contributed by atoms with van der Waals surface area (Å²) in [5, 5.41) is 26.6. The lowest BCUT2D eigenvalue weighted by Crippen LogP contribution is -2.30. The topological polar surface area (TPSA) is 129 Å². The standard InChI is InChI=1S/C17H24N6O3S2/c1-13-14(22-12-21-13)10-27-7-5-19-17(9-23(25)26)20-6-8-28-11-15-16(24)3-2-4-18-15/h2-4,9,12,19-20,24H,5-8,10-11H2,1H3,(H,21,22)/b17-9+. The maximum atomic E-state index is 10.8. The fourth-order valence-electron chi connectivity index (χ4n) is 2.19. The van der Waals surface area contributed by atoms with Gasteiger partial charge < -0.3 is 20.7 Å². The molecule has 0 bridgehead atoms. The van der Waals surface area contributed by atoms with Gasteiger partial charge in [-0.25, -0.2) is 4.98 Å². The zero-order chi connectivity index (χ0) is 20.2. The minimum absolute atomic E-state index is 0.182. The quantitative estimate of drug-likeness (QED) is 0.217. The minimum atomic E-state index is -0.478. The highest BCUT2D eigenvalue weighted by atomic mass is 32.2. The van der Waals surface area contributed by atoms with E-state index in [1.807, 2.05) is 6.92 Å². The van der Waals surface area contributed by atoms with Crippen LogP contribution in [-0.4, -0.2) is 49.6 Å². The van der Waals surface area contributed by atoms with Gasteiger partial charge in [0.15, 0.2) is 5.82 Å². The first-order valence-corrected chi connectivity index (χ1v) is 11.0. The number of pyridine rings is 1. The Morgan fingerprint density at radius 3 is 2.50 bits per heavy atom. The molecule has 0 saturated heterocycles. The number of nitro groups is 1. The van der Waals surface area contributed by atoms with Crippen molar-refractivity contribution in [1.29, 1.82) is 0 Å². The number of aromatic nitrogens is 3. The van der Waals surface area contributed by atoms with Gasteiger partial charge in [-0.15, -0.1) is 0 Å². The molecule has 2 heterocycles. The SMILES string of the molecule is Cc1[nH]cnc1CSCCN/C(=C\[N+](=O)[O-])NCCSCc1ncccc1O. The third-order valence-electron chi connectivity index (χ3n) is 3.64. The van der Waals surface area contributed by atoms with Crippen LogP contribution in [0.15, 0.2) is 36.7 Å². The largest absolute Gasteiger partial charge is 0.506 e. The molecular weight excluding hydrogens is 400 g/mol. The van der Waals surface area contributed by atoms with Gasteiger partial charge in [0.1, 0.15) is 5.75 Å². The summed E-state index contributed by atoms with van der Waals surface area (Å²) in [6.45, 7) is 3.15. The van der Waals surface area contributed by atoms with Crippen LogP contribution in [-0.2, 0) is 11.5 Å².